The molecule has 1 aliphatic heterocycles. The Kier molecular flexibility index (Phi) is 4.09. The Morgan fingerprint density at radius 1 is 1.33 bits per heavy atom. The molecule has 1 amide bonds. The van der Waals surface area contributed by atoms with Crippen molar-refractivity contribution in [1.29, 1.82) is 0 Å². The SMILES string of the molecule is CC1CCCCN1C(=O)c1nnc2sc(-c3cccc(Br)c3)nn12. The summed E-state index contributed by atoms with van der Waals surface area (Å²) < 4.78 is 2.56. The van der Waals surface area contributed by atoms with E-state index in [-0.39, 0.29) is 11.9 Å². The van der Waals surface area contributed by atoms with Crippen molar-refractivity contribution < 1.29 is 4.79 Å². The normalized spacial score (nSPS) is 18.2. The van der Waals surface area contributed by atoms with Crippen LogP contribution in [0, 0.1) is 0 Å². The fourth-order valence-corrected chi connectivity index (χ4v) is 4.25. The highest BCUT2D eigenvalue weighted by Gasteiger charge is 2.28. The minimum Gasteiger partial charge on any atom is -0.333 e. The molecule has 1 atom stereocenters. The van der Waals surface area contributed by atoms with Crippen molar-refractivity contribution in [3.8, 4) is 10.6 Å². The number of amides is 1. The number of carbonyl (C=O) groups is 1. The molecule has 8 heteroatoms. The molecule has 2 aromatic heterocycles. The van der Waals surface area contributed by atoms with Crippen LogP contribution in [0.15, 0.2) is 28.7 Å². The smallest absolute Gasteiger partial charge is 0.293 e. The van der Waals surface area contributed by atoms with Gasteiger partial charge in [-0.05, 0) is 38.3 Å². The monoisotopic (exact) mass is 405 g/mol. The molecule has 0 radical (unpaired) electrons. The minimum absolute atomic E-state index is 0.0826. The van der Waals surface area contributed by atoms with Gasteiger partial charge in [0.2, 0.25) is 10.8 Å². The molecule has 3 aromatic rings. The second-order valence-electron chi connectivity index (χ2n) is 5.98. The maximum absolute atomic E-state index is 12.8. The van der Waals surface area contributed by atoms with Crippen molar-refractivity contribution >= 4 is 38.1 Å². The van der Waals surface area contributed by atoms with E-state index in [1.807, 2.05) is 29.2 Å². The van der Waals surface area contributed by atoms with Crippen LogP contribution in [-0.4, -0.2) is 43.2 Å². The van der Waals surface area contributed by atoms with Gasteiger partial charge in [-0.25, -0.2) is 0 Å². The molecule has 0 aliphatic carbocycles. The first-order chi connectivity index (χ1) is 11.6. The van der Waals surface area contributed by atoms with Crippen molar-refractivity contribution in [3.05, 3.63) is 34.6 Å². The van der Waals surface area contributed by atoms with Crippen molar-refractivity contribution in [2.75, 3.05) is 6.54 Å². The number of piperidine rings is 1. The number of fused-ring (bicyclic) bond motifs is 1. The average Bonchev–Trinajstić information content (AvgIpc) is 3.15. The summed E-state index contributed by atoms with van der Waals surface area (Å²) in [5.41, 5.74) is 0.990. The van der Waals surface area contributed by atoms with E-state index in [2.05, 4.69) is 38.1 Å². The third-order valence-corrected chi connectivity index (χ3v) is 5.76. The van der Waals surface area contributed by atoms with E-state index < -0.39 is 0 Å². The number of nitrogens with zero attached hydrogens (tertiary/aromatic N) is 5. The van der Waals surface area contributed by atoms with Gasteiger partial charge < -0.3 is 4.90 Å². The number of carbonyl (C=O) groups excluding carboxylic acids is 1. The summed E-state index contributed by atoms with van der Waals surface area (Å²) in [6, 6.07) is 8.16. The highest BCUT2D eigenvalue weighted by Crippen LogP contribution is 2.28. The fourth-order valence-electron chi connectivity index (χ4n) is 3.02. The summed E-state index contributed by atoms with van der Waals surface area (Å²) in [5, 5.41) is 13.6. The van der Waals surface area contributed by atoms with Crippen molar-refractivity contribution in [3.63, 3.8) is 0 Å². The Bertz CT molecular complexity index is 905. The van der Waals surface area contributed by atoms with Gasteiger partial charge in [0, 0.05) is 22.6 Å². The number of halogens is 1. The first-order valence-corrected chi connectivity index (χ1v) is 9.53. The molecule has 3 heterocycles. The zero-order valence-corrected chi connectivity index (χ0v) is 15.5. The summed E-state index contributed by atoms with van der Waals surface area (Å²) in [5.74, 6) is 0.219. The Labute approximate surface area is 151 Å². The molecule has 4 rings (SSSR count). The number of benzene rings is 1. The van der Waals surface area contributed by atoms with Gasteiger partial charge in [0.25, 0.3) is 5.91 Å². The number of hydrogen-bond acceptors (Lipinski definition) is 5. The van der Waals surface area contributed by atoms with Gasteiger partial charge in [-0.1, -0.05) is 39.4 Å². The number of likely N-dealkylation sites (tertiary alicyclic amines) is 1. The molecule has 1 aromatic carbocycles. The van der Waals surface area contributed by atoms with E-state index in [1.54, 1.807) is 4.52 Å². The van der Waals surface area contributed by atoms with Crippen LogP contribution >= 0.6 is 27.3 Å². The molecule has 24 heavy (non-hydrogen) atoms. The molecular formula is C16H16BrN5OS. The van der Waals surface area contributed by atoms with Gasteiger partial charge in [0.05, 0.1) is 0 Å². The van der Waals surface area contributed by atoms with Crippen LogP contribution in [0.3, 0.4) is 0 Å². The molecule has 0 spiro atoms. The molecule has 0 bridgehead atoms. The number of hydrogen-bond donors (Lipinski definition) is 0. The van der Waals surface area contributed by atoms with E-state index in [0.717, 1.165) is 34.4 Å². The average molecular weight is 406 g/mol. The Hall–Kier alpha value is -1.80. The van der Waals surface area contributed by atoms with E-state index in [9.17, 15) is 4.79 Å². The molecule has 6 nitrogen and oxygen atoms in total. The van der Waals surface area contributed by atoms with E-state index in [1.165, 1.54) is 17.8 Å². The Morgan fingerprint density at radius 2 is 2.21 bits per heavy atom. The van der Waals surface area contributed by atoms with Crippen molar-refractivity contribution in [1.82, 2.24) is 24.7 Å². The number of aromatic nitrogens is 4. The van der Waals surface area contributed by atoms with Gasteiger partial charge in [-0.2, -0.15) is 9.61 Å². The van der Waals surface area contributed by atoms with Crippen molar-refractivity contribution in [2.45, 2.75) is 32.2 Å². The zero-order chi connectivity index (χ0) is 16.7. The third kappa shape index (κ3) is 2.73. The quantitative estimate of drug-likeness (QED) is 0.652. The van der Waals surface area contributed by atoms with Crippen LogP contribution in [0.2, 0.25) is 0 Å². The lowest BCUT2D eigenvalue weighted by Gasteiger charge is -2.32. The van der Waals surface area contributed by atoms with E-state index in [0.29, 0.717) is 10.8 Å². The van der Waals surface area contributed by atoms with Gasteiger partial charge >= 0.3 is 0 Å². The highest BCUT2D eigenvalue weighted by atomic mass is 79.9. The minimum atomic E-state index is -0.0826. The molecule has 1 fully saturated rings. The van der Waals surface area contributed by atoms with E-state index >= 15 is 0 Å². The van der Waals surface area contributed by atoms with E-state index in [4.69, 9.17) is 0 Å². The topological polar surface area (TPSA) is 63.4 Å². The van der Waals surface area contributed by atoms with Crippen LogP contribution in [-0.2, 0) is 0 Å². The van der Waals surface area contributed by atoms with Crippen LogP contribution in [0.25, 0.3) is 15.5 Å². The third-order valence-electron chi connectivity index (χ3n) is 4.32. The predicted molar refractivity (Wildman–Crippen MR) is 96.1 cm³/mol. The van der Waals surface area contributed by atoms with Gasteiger partial charge in [-0.15, -0.1) is 10.2 Å². The lowest BCUT2D eigenvalue weighted by molar-refractivity contribution is 0.0620. The first-order valence-electron chi connectivity index (χ1n) is 7.92. The standard InChI is InChI=1S/C16H16BrN5OS/c1-10-5-2-3-8-21(10)15(23)13-18-19-16-22(13)20-14(24-16)11-6-4-7-12(17)9-11/h4,6-7,9-10H,2-3,5,8H2,1H3. The van der Waals surface area contributed by atoms with Crippen LogP contribution in [0.5, 0.6) is 0 Å². The maximum atomic E-state index is 12.8. The lowest BCUT2D eigenvalue weighted by atomic mass is 10.0. The summed E-state index contributed by atoms with van der Waals surface area (Å²) in [7, 11) is 0. The Morgan fingerprint density at radius 3 is 3.00 bits per heavy atom. The van der Waals surface area contributed by atoms with Crippen molar-refractivity contribution in [2.24, 2.45) is 0 Å². The second kappa shape index (κ2) is 6.25. The van der Waals surface area contributed by atoms with Crippen LogP contribution in [0.1, 0.15) is 36.8 Å². The largest absolute Gasteiger partial charge is 0.333 e. The molecular weight excluding hydrogens is 390 g/mol. The predicted octanol–water partition coefficient (Wildman–Crippen LogP) is 3.63. The van der Waals surface area contributed by atoms with Gasteiger partial charge in [0.1, 0.15) is 5.01 Å². The molecule has 1 unspecified atom stereocenters. The number of rotatable bonds is 2. The summed E-state index contributed by atoms with van der Waals surface area (Å²) in [6.07, 6.45) is 3.25. The maximum Gasteiger partial charge on any atom is 0.293 e. The zero-order valence-electron chi connectivity index (χ0n) is 13.1. The summed E-state index contributed by atoms with van der Waals surface area (Å²) in [4.78, 5) is 15.4. The summed E-state index contributed by atoms with van der Waals surface area (Å²) in [6.45, 7) is 2.86. The molecule has 124 valence electrons. The lowest BCUT2D eigenvalue weighted by Crippen LogP contribution is -2.42. The molecule has 1 aliphatic rings. The molecule has 0 N–H and O–H groups in total. The Balaban J connectivity index is 1.71. The van der Waals surface area contributed by atoms with Gasteiger partial charge in [0.15, 0.2) is 0 Å². The van der Waals surface area contributed by atoms with Crippen LogP contribution in [0.4, 0.5) is 0 Å². The highest BCUT2D eigenvalue weighted by molar-refractivity contribution is 9.10. The van der Waals surface area contributed by atoms with Crippen LogP contribution < -0.4 is 0 Å². The fraction of sp³-hybridized carbons (Fsp3) is 0.375. The molecule has 0 saturated carbocycles. The molecule has 1 saturated heterocycles. The first kappa shape index (κ1) is 15.7. The van der Waals surface area contributed by atoms with Gasteiger partial charge in [-0.3, -0.25) is 4.79 Å². The second-order valence-corrected chi connectivity index (χ2v) is 7.85. The summed E-state index contributed by atoms with van der Waals surface area (Å²) >= 11 is 4.90.